The van der Waals surface area contributed by atoms with Crippen molar-refractivity contribution in [2.45, 2.75) is 6.92 Å². The van der Waals surface area contributed by atoms with Crippen molar-refractivity contribution in [3.05, 3.63) is 42.5 Å². The summed E-state index contributed by atoms with van der Waals surface area (Å²) in [6.07, 6.45) is 0. The number of nitrogens with zero attached hydrogens (tertiary/aromatic N) is 1. The van der Waals surface area contributed by atoms with Gasteiger partial charge in [0.2, 0.25) is 0 Å². The second kappa shape index (κ2) is 4.45. The molecule has 0 aliphatic carbocycles. The Hall–Kier alpha value is -1.57. The highest BCUT2D eigenvalue weighted by Crippen LogP contribution is 2.13. The normalized spacial score (nSPS) is 11.1. The molecule has 0 bridgehead atoms. The van der Waals surface area contributed by atoms with E-state index in [1.807, 2.05) is 37.3 Å². The minimum absolute atomic E-state index is 0.800. The van der Waals surface area contributed by atoms with Crippen LogP contribution in [0.2, 0.25) is 0 Å². The number of allylic oxidation sites excluding steroid dienone is 1. The molecule has 0 unspecified atom stereocenters. The van der Waals surface area contributed by atoms with E-state index in [0.717, 1.165) is 16.8 Å². The SMILES string of the molecule is C=C(C(C)=NOC)c1ccccc1. The summed E-state index contributed by atoms with van der Waals surface area (Å²) in [6.45, 7) is 5.81. The first-order chi connectivity index (χ1) is 6.25. The minimum Gasteiger partial charge on any atom is -0.399 e. The smallest absolute Gasteiger partial charge is 0.106 e. The molecule has 0 aliphatic rings. The highest BCUT2D eigenvalue weighted by atomic mass is 16.6. The van der Waals surface area contributed by atoms with Gasteiger partial charge in [0, 0.05) is 0 Å². The molecule has 0 radical (unpaired) electrons. The van der Waals surface area contributed by atoms with E-state index in [9.17, 15) is 0 Å². The second-order valence-electron chi connectivity index (χ2n) is 2.70. The summed E-state index contributed by atoms with van der Waals surface area (Å²) < 4.78 is 0. The standard InChI is InChI=1S/C11H13NO/c1-9(10(2)12-13-3)11-7-5-4-6-8-11/h4-8H,1H2,2-3H3. The molecular formula is C11H13NO. The fraction of sp³-hybridized carbons (Fsp3) is 0.182. The van der Waals surface area contributed by atoms with Crippen molar-refractivity contribution in [2.24, 2.45) is 5.16 Å². The molecule has 0 saturated heterocycles. The summed E-state index contributed by atoms with van der Waals surface area (Å²) in [5.41, 5.74) is 2.76. The van der Waals surface area contributed by atoms with Crippen LogP contribution in [0.3, 0.4) is 0 Å². The van der Waals surface area contributed by atoms with Crippen molar-refractivity contribution in [3.8, 4) is 0 Å². The van der Waals surface area contributed by atoms with Gasteiger partial charge in [-0.1, -0.05) is 42.1 Å². The van der Waals surface area contributed by atoms with Crippen LogP contribution in [0, 0.1) is 0 Å². The number of hydrogen-bond donors (Lipinski definition) is 0. The third-order valence-corrected chi connectivity index (χ3v) is 1.79. The molecule has 1 aromatic carbocycles. The van der Waals surface area contributed by atoms with Crippen molar-refractivity contribution >= 4 is 11.3 Å². The summed E-state index contributed by atoms with van der Waals surface area (Å²) in [5, 5.41) is 3.82. The van der Waals surface area contributed by atoms with Crippen LogP contribution >= 0.6 is 0 Å². The molecule has 1 rings (SSSR count). The van der Waals surface area contributed by atoms with Crippen LogP contribution in [0.5, 0.6) is 0 Å². The third-order valence-electron chi connectivity index (χ3n) is 1.79. The first-order valence-electron chi connectivity index (χ1n) is 4.08. The van der Waals surface area contributed by atoms with Crippen molar-refractivity contribution in [1.82, 2.24) is 0 Å². The molecular weight excluding hydrogens is 162 g/mol. The van der Waals surface area contributed by atoms with Gasteiger partial charge < -0.3 is 4.84 Å². The van der Waals surface area contributed by atoms with E-state index < -0.39 is 0 Å². The first kappa shape index (κ1) is 9.52. The molecule has 13 heavy (non-hydrogen) atoms. The lowest BCUT2D eigenvalue weighted by atomic mass is 10.0. The molecule has 2 nitrogen and oxygen atoms in total. The summed E-state index contributed by atoms with van der Waals surface area (Å²) in [4.78, 5) is 4.67. The Kier molecular flexibility index (Phi) is 3.26. The predicted molar refractivity (Wildman–Crippen MR) is 55.6 cm³/mol. The lowest BCUT2D eigenvalue weighted by Gasteiger charge is -2.03. The molecule has 68 valence electrons. The number of hydrogen-bond acceptors (Lipinski definition) is 2. The fourth-order valence-corrected chi connectivity index (χ4v) is 1.04. The van der Waals surface area contributed by atoms with Gasteiger partial charge in [-0.15, -0.1) is 0 Å². The molecule has 2 heteroatoms. The van der Waals surface area contributed by atoms with E-state index in [1.54, 1.807) is 0 Å². The topological polar surface area (TPSA) is 21.6 Å². The first-order valence-corrected chi connectivity index (χ1v) is 4.08. The van der Waals surface area contributed by atoms with E-state index in [0.29, 0.717) is 0 Å². The Balaban J connectivity index is 2.86. The van der Waals surface area contributed by atoms with Gasteiger partial charge >= 0.3 is 0 Å². The summed E-state index contributed by atoms with van der Waals surface area (Å²) in [5.74, 6) is 0. The molecule has 0 aromatic heterocycles. The zero-order valence-corrected chi connectivity index (χ0v) is 7.95. The van der Waals surface area contributed by atoms with Gasteiger partial charge in [-0.2, -0.15) is 0 Å². The van der Waals surface area contributed by atoms with E-state index in [-0.39, 0.29) is 0 Å². The molecule has 0 amide bonds. The maximum atomic E-state index is 4.67. The van der Waals surface area contributed by atoms with Gasteiger partial charge in [0.05, 0.1) is 5.71 Å². The van der Waals surface area contributed by atoms with Crippen LogP contribution in [0.1, 0.15) is 12.5 Å². The highest BCUT2D eigenvalue weighted by molar-refractivity contribution is 6.21. The maximum Gasteiger partial charge on any atom is 0.106 e. The van der Waals surface area contributed by atoms with Crippen LogP contribution in [0.25, 0.3) is 5.57 Å². The molecule has 1 aromatic rings. The fourth-order valence-electron chi connectivity index (χ4n) is 1.04. The second-order valence-corrected chi connectivity index (χ2v) is 2.70. The molecule has 0 atom stereocenters. The quantitative estimate of drug-likeness (QED) is 0.511. The van der Waals surface area contributed by atoms with E-state index >= 15 is 0 Å². The Bertz CT molecular complexity index is 314. The highest BCUT2D eigenvalue weighted by Gasteiger charge is 2.01. The molecule has 0 fully saturated rings. The van der Waals surface area contributed by atoms with Crippen LogP contribution in [-0.2, 0) is 4.84 Å². The summed E-state index contributed by atoms with van der Waals surface area (Å²) in [7, 11) is 1.53. The largest absolute Gasteiger partial charge is 0.399 e. The zero-order valence-electron chi connectivity index (χ0n) is 7.95. The Morgan fingerprint density at radius 1 is 1.31 bits per heavy atom. The molecule has 0 aliphatic heterocycles. The van der Waals surface area contributed by atoms with Gasteiger partial charge in [0.1, 0.15) is 7.11 Å². The van der Waals surface area contributed by atoms with Crippen LogP contribution in [0.15, 0.2) is 42.1 Å². The lowest BCUT2D eigenvalue weighted by Crippen LogP contribution is -1.95. The van der Waals surface area contributed by atoms with Gasteiger partial charge in [-0.25, -0.2) is 0 Å². The predicted octanol–water partition coefficient (Wildman–Crippen LogP) is 2.72. The van der Waals surface area contributed by atoms with Gasteiger partial charge in [0.25, 0.3) is 0 Å². The summed E-state index contributed by atoms with van der Waals surface area (Å²) in [6, 6.07) is 9.91. The summed E-state index contributed by atoms with van der Waals surface area (Å²) >= 11 is 0. The number of benzene rings is 1. The number of oxime groups is 1. The van der Waals surface area contributed by atoms with Crippen molar-refractivity contribution in [1.29, 1.82) is 0 Å². The average Bonchev–Trinajstić information content (AvgIpc) is 2.18. The van der Waals surface area contributed by atoms with Crippen LogP contribution in [0.4, 0.5) is 0 Å². The monoisotopic (exact) mass is 175 g/mol. The van der Waals surface area contributed by atoms with Crippen LogP contribution < -0.4 is 0 Å². The zero-order chi connectivity index (χ0) is 9.68. The van der Waals surface area contributed by atoms with E-state index in [1.165, 1.54) is 7.11 Å². The lowest BCUT2D eigenvalue weighted by molar-refractivity contribution is 0.214. The minimum atomic E-state index is 0.800. The van der Waals surface area contributed by atoms with Gasteiger partial charge in [-0.3, -0.25) is 0 Å². The van der Waals surface area contributed by atoms with Crippen LogP contribution in [-0.4, -0.2) is 12.8 Å². The molecule has 0 spiro atoms. The molecule has 0 saturated carbocycles. The number of rotatable bonds is 3. The maximum absolute atomic E-state index is 4.67. The average molecular weight is 175 g/mol. The Morgan fingerprint density at radius 2 is 1.92 bits per heavy atom. The van der Waals surface area contributed by atoms with E-state index in [4.69, 9.17) is 0 Å². The van der Waals surface area contributed by atoms with Crippen molar-refractivity contribution in [3.63, 3.8) is 0 Å². The van der Waals surface area contributed by atoms with E-state index in [2.05, 4.69) is 16.6 Å². The van der Waals surface area contributed by atoms with Gasteiger partial charge in [0.15, 0.2) is 0 Å². The Morgan fingerprint density at radius 3 is 2.46 bits per heavy atom. The Labute approximate surface area is 78.5 Å². The molecule has 0 heterocycles. The molecule has 0 N–H and O–H groups in total. The third kappa shape index (κ3) is 2.44. The van der Waals surface area contributed by atoms with Crippen molar-refractivity contribution < 1.29 is 4.84 Å². The van der Waals surface area contributed by atoms with Crippen molar-refractivity contribution in [2.75, 3.05) is 7.11 Å². The van der Waals surface area contributed by atoms with Gasteiger partial charge in [-0.05, 0) is 18.1 Å².